The van der Waals surface area contributed by atoms with Gasteiger partial charge in [0.05, 0.1) is 17.7 Å². The summed E-state index contributed by atoms with van der Waals surface area (Å²) in [4.78, 5) is 9.90. The average Bonchev–Trinajstić information content (AvgIpc) is 3.02. The molecule has 2 aliphatic rings. The highest BCUT2D eigenvalue weighted by Crippen LogP contribution is 2.45. The summed E-state index contributed by atoms with van der Waals surface area (Å²) in [7, 11) is 0. The van der Waals surface area contributed by atoms with Gasteiger partial charge in [0.25, 0.3) is 0 Å². The van der Waals surface area contributed by atoms with Gasteiger partial charge in [0, 0.05) is 0 Å². The Morgan fingerprint density at radius 2 is 2.10 bits per heavy atom. The van der Waals surface area contributed by atoms with Gasteiger partial charge in [0.15, 0.2) is 0 Å². The molecule has 102 valence electrons. The van der Waals surface area contributed by atoms with E-state index in [4.69, 9.17) is 4.84 Å². The zero-order chi connectivity index (χ0) is 13.7. The van der Waals surface area contributed by atoms with E-state index in [0.29, 0.717) is 5.95 Å². The number of benzene rings is 1. The van der Waals surface area contributed by atoms with Crippen LogP contribution in [0.4, 0.5) is 5.95 Å². The molecule has 0 unspecified atom stereocenters. The second-order valence-electron chi connectivity index (χ2n) is 5.42. The molecule has 2 aliphatic heterocycles. The molecular weight excluding hydrogens is 254 g/mol. The van der Waals surface area contributed by atoms with Crippen LogP contribution in [-0.2, 0) is 4.84 Å². The summed E-state index contributed by atoms with van der Waals surface area (Å²) in [5, 5.41) is 11.8. The van der Waals surface area contributed by atoms with Crippen molar-refractivity contribution in [1.82, 2.24) is 14.8 Å². The third-order valence-corrected chi connectivity index (χ3v) is 4.08. The van der Waals surface area contributed by atoms with E-state index in [-0.39, 0.29) is 12.0 Å². The zero-order valence-electron chi connectivity index (χ0n) is 11.3. The van der Waals surface area contributed by atoms with Gasteiger partial charge in [0.2, 0.25) is 11.7 Å². The lowest BCUT2D eigenvalue weighted by atomic mass is 9.81. The maximum atomic E-state index is 5.63. The van der Waals surface area contributed by atoms with Crippen LogP contribution in [0.2, 0.25) is 0 Å². The second kappa shape index (κ2) is 3.82. The summed E-state index contributed by atoms with van der Waals surface area (Å²) < 4.78 is 1.91. The molecule has 0 amide bonds. The van der Waals surface area contributed by atoms with Crippen molar-refractivity contribution < 1.29 is 4.84 Å². The Labute approximate surface area is 116 Å². The number of hydrogen-bond donors (Lipinski definition) is 1. The molecule has 0 saturated carbocycles. The normalized spacial score (nSPS) is 30.8. The first-order chi connectivity index (χ1) is 9.69. The maximum Gasteiger partial charge on any atom is 0.224 e. The second-order valence-corrected chi connectivity index (χ2v) is 5.42. The number of hydrogen-bond acceptors (Lipinski definition) is 5. The number of nitrogens with zero attached hydrogens (tertiary/aromatic N) is 4. The molecule has 20 heavy (non-hydrogen) atoms. The lowest BCUT2D eigenvalue weighted by molar-refractivity contribution is -0.0234. The van der Waals surface area contributed by atoms with Gasteiger partial charge >= 0.3 is 0 Å². The Balaban J connectivity index is 1.92. The van der Waals surface area contributed by atoms with Gasteiger partial charge in [0.1, 0.15) is 6.33 Å². The molecule has 1 N–H and O–H groups in total. The molecule has 6 nitrogen and oxygen atoms in total. The highest BCUT2D eigenvalue weighted by Gasteiger charge is 2.53. The van der Waals surface area contributed by atoms with Crippen molar-refractivity contribution in [2.45, 2.75) is 25.6 Å². The van der Waals surface area contributed by atoms with Crippen LogP contribution in [0.15, 0.2) is 41.8 Å². The highest BCUT2D eigenvalue weighted by atomic mass is 16.7. The third-order valence-electron chi connectivity index (χ3n) is 4.08. The fourth-order valence-electron chi connectivity index (χ4n) is 3.20. The quantitative estimate of drug-likeness (QED) is 0.860. The molecule has 3 heterocycles. The molecule has 0 fully saturated rings. The summed E-state index contributed by atoms with van der Waals surface area (Å²) in [5.41, 5.74) is 1.57. The van der Waals surface area contributed by atoms with Crippen LogP contribution in [0.25, 0.3) is 0 Å². The molecule has 1 aromatic heterocycles. The van der Waals surface area contributed by atoms with Gasteiger partial charge in [-0.1, -0.05) is 35.5 Å². The van der Waals surface area contributed by atoms with Crippen molar-refractivity contribution in [2.24, 2.45) is 11.1 Å². The van der Waals surface area contributed by atoms with Gasteiger partial charge < -0.3 is 10.2 Å². The number of aromatic nitrogens is 3. The lowest BCUT2D eigenvalue weighted by Gasteiger charge is -2.40. The van der Waals surface area contributed by atoms with E-state index >= 15 is 0 Å². The number of rotatable bonds is 1. The first-order valence-corrected chi connectivity index (χ1v) is 6.64. The summed E-state index contributed by atoms with van der Waals surface area (Å²) in [6.07, 6.45) is 1.56. The van der Waals surface area contributed by atoms with E-state index in [0.717, 1.165) is 5.71 Å². The van der Waals surface area contributed by atoms with Gasteiger partial charge in [-0.25, -0.2) is 4.68 Å². The summed E-state index contributed by atoms with van der Waals surface area (Å²) >= 11 is 0. The summed E-state index contributed by atoms with van der Waals surface area (Å²) in [6.45, 7) is 4.00. The van der Waals surface area contributed by atoms with Crippen LogP contribution in [0.5, 0.6) is 0 Å². The summed E-state index contributed by atoms with van der Waals surface area (Å²) in [6, 6.07) is 10.3. The third kappa shape index (κ3) is 1.41. The molecule has 6 heteroatoms. The van der Waals surface area contributed by atoms with Crippen molar-refractivity contribution in [2.75, 3.05) is 5.32 Å². The van der Waals surface area contributed by atoms with Crippen LogP contribution in [-0.4, -0.2) is 26.2 Å². The summed E-state index contributed by atoms with van der Waals surface area (Å²) in [5.74, 6) is 0.793. The Kier molecular flexibility index (Phi) is 2.19. The fourth-order valence-corrected chi connectivity index (χ4v) is 3.20. The van der Waals surface area contributed by atoms with Gasteiger partial charge in [-0.15, -0.1) is 0 Å². The molecule has 0 bridgehead atoms. The Morgan fingerprint density at radius 3 is 2.90 bits per heavy atom. The number of nitrogens with one attached hydrogen (secondary N) is 1. The average molecular weight is 269 g/mol. The van der Waals surface area contributed by atoms with E-state index < -0.39 is 5.72 Å². The van der Waals surface area contributed by atoms with Crippen molar-refractivity contribution in [3.63, 3.8) is 0 Å². The minimum absolute atomic E-state index is 0.0335. The smallest absolute Gasteiger partial charge is 0.224 e. The predicted octanol–water partition coefficient (Wildman–Crippen LogP) is 2.03. The molecule has 0 radical (unpaired) electrons. The molecule has 2 aromatic rings. The Morgan fingerprint density at radius 1 is 1.30 bits per heavy atom. The van der Waals surface area contributed by atoms with Gasteiger partial charge in [-0.2, -0.15) is 10.1 Å². The minimum Gasteiger partial charge on any atom is -0.367 e. The lowest BCUT2D eigenvalue weighted by Crippen LogP contribution is -2.52. The standard InChI is InChI=1S/C14H15N5O/c1-9-11-12(10-6-4-3-5-7-10)19-13(15-8-16-19)17-14(11,2)20-18-9/h3-8,11-12H,1-2H3,(H,15,16,17)/t11-,12+,14-/m0/s1. The van der Waals surface area contributed by atoms with Crippen molar-refractivity contribution in [3.05, 3.63) is 42.2 Å². The minimum atomic E-state index is -0.576. The molecular formula is C14H15N5O. The van der Waals surface area contributed by atoms with Crippen LogP contribution in [0.1, 0.15) is 25.5 Å². The maximum absolute atomic E-state index is 5.63. The molecule has 4 rings (SSSR count). The SMILES string of the molecule is CC1=NO[C@]2(C)Nc3ncnn3[C@H](c3ccccc3)[C@H]12. The van der Waals surface area contributed by atoms with Crippen molar-refractivity contribution in [3.8, 4) is 0 Å². The molecule has 3 atom stereocenters. The zero-order valence-corrected chi connectivity index (χ0v) is 11.3. The van der Waals surface area contributed by atoms with Crippen LogP contribution >= 0.6 is 0 Å². The van der Waals surface area contributed by atoms with E-state index in [2.05, 4.69) is 32.7 Å². The number of oxime groups is 1. The van der Waals surface area contributed by atoms with Crippen LogP contribution < -0.4 is 5.32 Å². The predicted molar refractivity (Wildman–Crippen MR) is 74.3 cm³/mol. The molecule has 0 aliphatic carbocycles. The first-order valence-electron chi connectivity index (χ1n) is 6.64. The molecule has 1 aromatic carbocycles. The van der Waals surface area contributed by atoms with E-state index in [1.54, 1.807) is 6.33 Å². The number of anilines is 1. The van der Waals surface area contributed by atoms with Crippen molar-refractivity contribution in [1.29, 1.82) is 0 Å². The van der Waals surface area contributed by atoms with Gasteiger partial charge in [-0.3, -0.25) is 0 Å². The molecule has 0 spiro atoms. The fraction of sp³-hybridized carbons (Fsp3) is 0.357. The van der Waals surface area contributed by atoms with E-state index in [9.17, 15) is 0 Å². The topological polar surface area (TPSA) is 64.3 Å². The largest absolute Gasteiger partial charge is 0.367 e. The Bertz CT molecular complexity index is 680. The van der Waals surface area contributed by atoms with Crippen LogP contribution in [0, 0.1) is 5.92 Å². The van der Waals surface area contributed by atoms with E-state index in [1.807, 2.05) is 36.7 Å². The highest BCUT2D eigenvalue weighted by molar-refractivity contribution is 5.88. The van der Waals surface area contributed by atoms with Gasteiger partial charge in [-0.05, 0) is 19.4 Å². The molecule has 0 saturated heterocycles. The first kappa shape index (κ1) is 11.5. The van der Waals surface area contributed by atoms with Crippen LogP contribution in [0.3, 0.4) is 0 Å². The monoisotopic (exact) mass is 269 g/mol. The van der Waals surface area contributed by atoms with Crippen molar-refractivity contribution >= 4 is 11.7 Å². The Hall–Kier alpha value is -2.37. The number of fused-ring (bicyclic) bond motifs is 2. The van der Waals surface area contributed by atoms with E-state index in [1.165, 1.54) is 5.56 Å².